The molecule has 26 heavy (non-hydrogen) atoms. The zero-order valence-electron chi connectivity index (χ0n) is 14.7. The van der Waals surface area contributed by atoms with Crippen molar-refractivity contribution >= 4 is 40.6 Å². The lowest BCUT2D eigenvalue weighted by Crippen LogP contribution is -2.36. The summed E-state index contributed by atoms with van der Waals surface area (Å²) >= 11 is 7.39. The van der Waals surface area contributed by atoms with Gasteiger partial charge in [-0.3, -0.25) is 0 Å². The van der Waals surface area contributed by atoms with Crippen molar-refractivity contribution in [2.75, 3.05) is 32.7 Å². The van der Waals surface area contributed by atoms with Crippen molar-refractivity contribution in [3.63, 3.8) is 0 Å². The van der Waals surface area contributed by atoms with Gasteiger partial charge in [0.15, 0.2) is 5.69 Å². The van der Waals surface area contributed by atoms with Crippen molar-refractivity contribution in [3.05, 3.63) is 44.9 Å². The van der Waals surface area contributed by atoms with Crippen molar-refractivity contribution in [3.8, 4) is 0 Å². The van der Waals surface area contributed by atoms with E-state index in [1.165, 1.54) is 18.4 Å². The van der Waals surface area contributed by atoms with Crippen LogP contribution in [0.25, 0.3) is 0 Å². The molecule has 0 aliphatic heterocycles. The molecule has 2 amide bonds. The summed E-state index contributed by atoms with van der Waals surface area (Å²) in [5.74, 6) is -0.505. The van der Waals surface area contributed by atoms with Crippen LogP contribution in [0.4, 0.5) is 10.5 Å². The average Bonchev–Trinajstić information content (AvgIpc) is 3.09. The molecule has 1 N–H and O–H groups in total. The monoisotopic (exact) mass is 397 g/mol. The Bertz CT molecular complexity index is 781. The largest absolute Gasteiger partial charge is 0.464 e. The maximum Gasteiger partial charge on any atom is 0.357 e. The molecule has 1 aromatic heterocycles. The molecule has 0 aliphatic carbocycles. The maximum absolute atomic E-state index is 12.6. The van der Waals surface area contributed by atoms with E-state index in [2.05, 4.69) is 15.0 Å². The van der Waals surface area contributed by atoms with E-state index in [1.807, 2.05) is 13.0 Å². The van der Waals surface area contributed by atoms with Gasteiger partial charge in [-0.2, -0.15) is 0 Å². The van der Waals surface area contributed by atoms with E-state index in [1.54, 1.807) is 29.5 Å². The van der Waals surface area contributed by atoms with E-state index in [0.717, 1.165) is 5.56 Å². The average molecular weight is 398 g/mol. The number of benzene rings is 1. The molecule has 9 heteroatoms. The summed E-state index contributed by atoms with van der Waals surface area (Å²) in [5, 5.41) is 5.62. The van der Waals surface area contributed by atoms with Crippen LogP contribution in [0.5, 0.6) is 0 Å². The predicted molar refractivity (Wildman–Crippen MR) is 101 cm³/mol. The summed E-state index contributed by atoms with van der Waals surface area (Å²) < 4.78 is 9.72. The lowest BCUT2D eigenvalue weighted by molar-refractivity contribution is 0.0594. The number of aryl methyl sites for hydroxylation is 1. The third kappa shape index (κ3) is 5.42. The number of carbonyl (C=O) groups excluding carboxylic acids is 2. The van der Waals surface area contributed by atoms with Gasteiger partial charge in [0, 0.05) is 29.7 Å². The fourth-order valence-corrected chi connectivity index (χ4v) is 3.03. The predicted octanol–water partition coefficient (Wildman–Crippen LogP) is 3.57. The number of rotatable bonds is 7. The Morgan fingerprint density at radius 1 is 1.35 bits per heavy atom. The van der Waals surface area contributed by atoms with Crippen molar-refractivity contribution in [1.82, 2.24) is 9.88 Å². The number of amides is 2. The highest BCUT2D eigenvalue weighted by Crippen LogP contribution is 2.21. The summed E-state index contributed by atoms with van der Waals surface area (Å²) in [4.78, 5) is 29.9. The molecule has 0 spiro atoms. The summed E-state index contributed by atoms with van der Waals surface area (Å²) in [6, 6.07) is 5.01. The Labute approximate surface area is 160 Å². The maximum atomic E-state index is 12.6. The number of ether oxygens (including phenoxy) is 2. The summed E-state index contributed by atoms with van der Waals surface area (Å²) in [7, 11) is 2.86. The van der Waals surface area contributed by atoms with Crippen LogP contribution >= 0.6 is 22.9 Å². The molecule has 0 fully saturated rings. The number of nitrogens with one attached hydrogen (secondary N) is 1. The number of hydrogen-bond donors (Lipinski definition) is 1. The van der Waals surface area contributed by atoms with Crippen molar-refractivity contribution in [2.45, 2.75) is 13.5 Å². The number of halogens is 1. The summed E-state index contributed by atoms with van der Waals surface area (Å²) in [6.45, 7) is 2.88. The molecule has 0 bridgehead atoms. The first-order chi connectivity index (χ1) is 12.4. The lowest BCUT2D eigenvalue weighted by atomic mass is 10.2. The SMILES string of the molecule is COCCN(Cc1nc(C(=O)OC)cs1)C(=O)Nc1ccc(C)c(Cl)c1. The minimum absolute atomic E-state index is 0.227. The molecular weight excluding hydrogens is 378 g/mol. The van der Waals surface area contributed by atoms with Gasteiger partial charge in [0.1, 0.15) is 5.01 Å². The number of methoxy groups -OCH3 is 2. The molecule has 1 heterocycles. The first-order valence-corrected chi connectivity index (χ1v) is 9.04. The highest BCUT2D eigenvalue weighted by molar-refractivity contribution is 7.09. The second kappa shape index (κ2) is 9.51. The number of esters is 1. The van der Waals surface area contributed by atoms with Gasteiger partial charge >= 0.3 is 12.0 Å². The van der Waals surface area contributed by atoms with Gasteiger partial charge in [-0.25, -0.2) is 14.6 Å². The van der Waals surface area contributed by atoms with Crippen LogP contribution in [0.1, 0.15) is 21.1 Å². The standard InChI is InChI=1S/C17H20ClN3O4S/c1-11-4-5-12(8-13(11)18)19-17(23)21(6-7-24-2)9-15-20-14(10-26-15)16(22)25-3/h4-5,8,10H,6-7,9H2,1-3H3,(H,19,23). The normalized spacial score (nSPS) is 10.5. The first kappa shape index (κ1) is 20.2. The van der Waals surface area contributed by atoms with E-state index in [4.69, 9.17) is 16.3 Å². The van der Waals surface area contributed by atoms with Crippen molar-refractivity contribution < 1.29 is 19.1 Å². The highest BCUT2D eigenvalue weighted by Gasteiger charge is 2.18. The van der Waals surface area contributed by atoms with Crippen LogP contribution in [-0.4, -0.2) is 49.3 Å². The van der Waals surface area contributed by atoms with Crippen LogP contribution in [0, 0.1) is 6.92 Å². The van der Waals surface area contributed by atoms with Crippen LogP contribution in [0.2, 0.25) is 5.02 Å². The van der Waals surface area contributed by atoms with Crippen LogP contribution in [-0.2, 0) is 16.0 Å². The molecule has 0 aliphatic rings. The molecule has 140 valence electrons. The first-order valence-electron chi connectivity index (χ1n) is 7.78. The van der Waals surface area contributed by atoms with Crippen LogP contribution in [0.15, 0.2) is 23.6 Å². The molecule has 7 nitrogen and oxygen atoms in total. The Kier molecular flexibility index (Phi) is 7.38. The number of aromatic nitrogens is 1. The van der Waals surface area contributed by atoms with Gasteiger partial charge in [-0.15, -0.1) is 11.3 Å². The minimum Gasteiger partial charge on any atom is -0.464 e. The zero-order valence-corrected chi connectivity index (χ0v) is 16.3. The Balaban J connectivity index is 2.09. The van der Waals surface area contributed by atoms with E-state index in [0.29, 0.717) is 28.9 Å². The molecule has 0 atom stereocenters. The molecular formula is C17H20ClN3O4S. The van der Waals surface area contributed by atoms with Crippen molar-refractivity contribution in [2.24, 2.45) is 0 Å². The third-order valence-electron chi connectivity index (χ3n) is 3.55. The summed E-state index contributed by atoms with van der Waals surface area (Å²) in [6.07, 6.45) is 0. The number of carbonyl (C=O) groups is 2. The van der Waals surface area contributed by atoms with Gasteiger partial charge < -0.3 is 19.7 Å². The van der Waals surface area contributed by atoms with Crippen LogP contribution in [0.3, 0.4) is 0 Å². The Morgan fingerprint density at radius 2 is 2.12 bits per heavy atom. The van der Waals surface area contributed by atoms with Gasteiger partial charge in [-0.05, 0) is 24.6 Å². The number of nitrogens with zero attached hydrogens (tertiary/aromatic N) is 2. The fourth-order valence-electron chi connectivity index (χ4n) is 2.07. The number of thiazole rings is 1. The number of hydrogen-bond acceptors (Lipinski definition) is 6. The van der Waals surface area contributed by atoms with Gasteiger partial charge in [0.05, 0.1) is 20.3 Å². The molecule has 0 unspecified atom stereocenters. The molecule has 1 aromatic carbocycles. The molecule has 2 rings (SSSR count). The quantitative estimate of drug-likeness (QED) is 0.722. The van der Waals surface area contributed by atoms with E-state index >= 15 is 0 Å². The van der Waals surface area contributed by atoms with Gasteiger partial charge in [0.25, 0.3) is 0 Å². The third-order valence-corrected chi connectivity index (χ3v) is 4.79. The second-order valence-electron chi connectivity index (χ2n) is 5.43. The second-order valence-corrected chi connectivity index (χ2v) is 6.78. The minimum atomic E-state index is -0.505. The molecule has 0 saturated heterocycles. The zero-order chi connectivity index (χ0) is 19.1. The van der Waals surface area contributed by atoms with Crippen LogP contribution < -0.4 is 5.32 Å². The molecule has 2 aromatic rings. The lowest BCUT2D eigenvalue weighted by Gasteiger charge is -2.22. The smallest absolute Gasteiger partial charge is 0.357 e. The Morgan fingerprint density at radius 3 is 2.77 bits per heavy atom. The van der Waals surface area contributed by atoms with Gasteiger partial charge in [0.2, 0.25) is 0 Å². The summed E-state index contributed by atoms with van der Waals surface area (Å²) in [5.41, 5.74) is 1.76. The van der Waals surface area contributed by atoms with Gasteiger partial charge in [-0.1, -0.05) is 17.7 Å². The van der Waals surface area contributed by atoms with E-state index < -0.39 is 5.97 Å². The van der Waals surface area contributed by atoms with E-state index in [9.17, 15) is 9.59 Å². The van der Waals surface area contributed by atoms with Crippen molar-refractivity contribution in [1.29, 1.82) is 0 Å². The van der Waals surface area contributed by atoms with E-state index in [-0.39, 0.29) is 18.3 Å². The number of urea groups is 1. The topological polar surface area (TPSA) is 80.8 Å². The Hall–Kier alpha value is -2.16. The molecule has 0 saturated carbocycles. The highest BCUT2D eigenvalue weighted by atomic mass is 35.5. The fraction of sp³-hybridized carbons (Fsp3) is 0.353. The number of anilines is 1. The molecule has 0 radical (unpaired) electrons.